The van der Waals surface area contributed by atoms with Crippen molar-refractivity contribution in [2.24, 2.45) is 0 Å². The summed E-state index contributed by atoms with van der Waals surface area (Å²) in [4.78, 5) is 65.4. The molecule has 11 aromatic rings. The van der Waals surface area contributed by atoms with Crippen molar-refractivity contribution in [2.75, 3.05) is 250 Å². The third kappa shape index (κ3) is 10.2. The van der Waals surface area contributed by atoms with Crippen molar-refractivity contribution in [3.63, 3.8) is 0 Å². The molecule has 0 saturated carbocycles. The van der Waals surface area contributed by atoms with Gasteiger partial charge < -0.3 is 87.1 Å². The third-order valence-corrected chi connectivity index (χ3v) is 22.9. The maximum atomic E-state index is 6.24. The Kier molecular flexibility index (Phi) is 15.8. The van der Waals surface area contributed by atoms with Crippen molar-refractivity contribution < 1.29 is 37.9 Å². The van der Waals surface area contributed by atoms with Crippen LogP contribution in [0.1, 0.15) is 0 Å². The second-order valence-electron chi connectivity index (χ2n) is 28.4. The number of fused-ring (bicyclic) bond motifs is 24. The average molecular weight is 1400 g/mol. The number of anilines is 8. The number of morpholine rings is 8. The molecule has 0 amide bonds. The smallest absolute Gasteiger partial charge is 0.166 e. The third-order valence-electron chi connectivity index (χ3n) is 22.9. The highest BCUT2D eigenvalue weighted by Gasteiger charge is 2.40. The Morgan fingerprint density at radius 1 is 0.202 bits per heavy atom. The molecule has 0 radical (unpaired) electrons. The van der Waals surface area contributed by atoms with Crippen LogP contribution in [-0.2, 0) is 37.9 Å². The van der Waals surface area contributed by atoms with Crippen molar-refractivity contribution in [2.45, 2.75) is 0 Å². The molecular weight excluding hydrogens is 1310 g/mol. The lowest BCUT2D eigenvalue weighted by Crippen LogP contribution is -2.38. The number of hydrogen-bond donors (Lipinski definition) is 2. The molecule has 3 aromatic heterocycles. The van der Waals surface area contributed by atoms with Gasteiger partial charge in [0.1, 0.15) is 22.6 Å². The predicted octanol–water partition coefficient (Wildman–Crippen LogP) is 10.2. The summed E-state index contributed by atoms with van der Waals surface area (Å²) in [7, 11) is 0. The number of benzene rings is 8. The van der Waals surface area contributed by atoms with E-state index in [1.165, 1.54) is 0 Å². The van der Waals surface area contributed by atoms with Crippen LogP contribution in [0.4, 0.5) is 45.5 Å². The van der Waals surface area contributed by atoms with E-state index in [0.29, 0.717) is 256 Å². The molecule has 104 heavy (non-hydrogen) atoms. The molecule has 13 heterocycles. The van der Waals surface area contributed by atoms with Gasteiger partial charge in [-0.3, -0.25) is 0 Å². The first-order valence-corrected chi connectivity index (χ1v) is 37.5. The van der Waals surface area contributed by atoms with Gasteiger partial charge in [-0.2, -0.15) is 0 Å². The zero-order valence-corrected chi connectivity index (χ0v) is 58.4. The van der Waals surface area contributed by atoms with Crippen LogP contribution < -0.4 is 39.2 Å². The Hall–Kier alpha value is -9.76. The Morgan fingerprint density at radius 2 is 0.356 bits per heavy atom. The molecule has 8 bridgehead atoms. The van der Waals surface area contributed by atoms with Crippen molar-refractivity contribution in [3.8, 4) is 45.6 Å². The molecule has 21 rings (SSSR count). The molecule has 8 aromatic carbocycles. The van der Waals surface area contributed by atoms with Gasteiger partial charge >= 0.3 is 0 Å². The molecule has 10 aliphatic rings. The van der Waals surface area contributed by atoms with Gasteiger partial charge in [-0.05, 0) is 0 Å². The van der Waals surface area contributed by atoms with Gasteiger partial charge in [-0.25, -0.2) is 29.9 Å². The number of aromatic nitrogens is 8. The molecule has 8 saturated heterocycles. The Bertz CT molecular complexity index is 4780. The predicted molar refractivity (Wildman–Crippen MR) is 410 cm³/mol. The van der Waals surface area contributed by atoms with Gasteiger partial charge in [-0.15, -0.1) is 0 Å². The molecule has 0 unspecified atom stereocenters. The maximum absolute atomic E-state index is 6.24. The number of H-pyrrole nitrogens is 2. The molecule has 24 heteroatoms. The summed E-state index contributed by atoms with van der Waals surface area (Å²) in [5, 5.41) is 12.7. The van der Waals surface area contributed by atoms with Gasteiger partial charge in [0, 0.05) is 148 Å². The molecule has 8 fully saturated rings. The first kappa shape index (κ1) is 62.8. The summed E-state index contributed by atoms with van der Waals surface area (Å²) >= 11 is 0. The number of hydrogen-bond acceptors (Lipinski definition) is 22. The van der Waals surface area contributed by atoms with E-state index in [4.69, 9.17) is 67.8 Å². The monoisotopic (exact) mass is 1390 g/mol. The Labute approximate surface area is 599 Å². The topological polar surface area (TPSA) is 209 Å². The second-order valence-corrected chi connectivity index (χ2v) is 28.4. The highest BCUT2D eigenvalue weighted by molar-refractivity contribution is 6.30. The highest BCUT2D eigenvalue weighted by atomic mass is 16.5. The van der Waals surface area contributed by atoms with E-state index in [2.05, 4.69) is 146 Å². The number of nitrogens with zero attached hydrogens (tertiary/aromatic N) is 14. The standard InChI is InChI=1S/C80H82N16O8/c1-2-10-50-49(9-1)65(89-17-33-97-34-18-89)57-58(66(50)90-19-35-98-36-20-90)74-81-73(57)85-75-59-60(68(92-23-39-100-40-24-92)52-12-4-3-11-51(52)67(59)91-21-37-99-38-22-91)77(82-75)87-79-63-64(72(96-31-47-104-48-32-96)56-16-8-7-15-55(56)71(63)95-29-45-103-46-30-95)80(84-79)88-78-62-61(76(83-78)86-74)69(93-25-41-101-42-26-93)53-13-5-6-14-54(53)70(62)94-27-43-102-44-28-94/h1-16H,17-48H2,(H2,81,82,83,84,85,86,87,88). The van der Waals surface area contributed by atoms with Crippen molar-refractivity contribution in [1.82, 2.24) is 39.9 Å². The SMILES string of the molecule is c1ccc2c(N3CCOCC3)c3c(c(N4CCOCC4)c2c1)-c1nc-3nc2[nH]c(nc3nc(nc4[nH]c(n1)c1c(N5CCOCC5)c5ccccc5c(N5CCOCC5)c41)-c1c-3c(N3CCOCC3)c3ccccc3c1N1CCOCC1)c1c(N3CCOCC3)c3ccccc3c(N3CCOCC3)c21. The van der Waals surface area contributed by atoms with E-state index in [1.807, 2.05) is 0 Å². The lowest BCUT2D eigenvalue weighted by molar-refractivity contribution is 0.122. The lowest BCUT2D eigenvalue weighted by atomic mass is 9.93. The fourth-order valence-electron chi connectivity index (χ4n) is 18.3. The number of aromatic amines is 2. The largest absolute Gasteiger partial charge is 0.378 e. The molecule has 0 aliphatic carbocycles. The zero-order chi connectivity index (χ0) is 68.3. The van der Waals surface area contributed by atoms with Crippen LogP contribution in [0.5, 0.6) is 0 Å². The van der Waals surface area contributed by atoms with E-state index in [0.717, 1.165) is 132 Å². The quantitative estimate of drug-likeness (QED) is 0.145. The van der Waals surface area contributed by atoms with Crippen molar-refractivity contribution in [3.05, 3.63) is 97.1 Å². The molecule has 2 N–H and O–H groups in total. The van der Waals surface area contributed by atoms with Gasteiger partial charge in [0.05, 0.1) is 195 Å². The summed E-state index contributed by atoms with van der Waals surface area (Å²) in [6, 6.07) is 35.7. The van der Waals surface area contributed by atoms with Crippen LogP contribution in [0.3, 0.4) is 0 Å². The number of ether oxygens (including phenoxy) is 8. The van der Waals surface area contributed by atoms with Crippen LogP contribution in [0.2, 0.25) is 0 Å². The number of rotatable bonds is 8. The molecule has 10 aliphatic heterocycles. The minimum atomic E-state index is 0.542. The van der Waals surface area contributed by atoms with Gasteiger partial charge in [0.15, 0.2) is 23.3 Å². The van der Waals surface area contributed by atoms with Crippen LogP contribution in [0.15, 0.2) is 97.1 Å². The summed E-state index contributed by atoms with van der Waals surface area (Å²) in [6.07, 6.45) is 0. The minimum absolute atomic E-state index is 0.542. The molecule has 0 atom stereocenters. The van der Waals surface area contributed by atoms with Crippen LogP contribution >= 0.6 is 0 Å². The van der Waals surface area contributed by atoms with Gasteiger partial charge in [0.25, 0.3) is 0 Å². The fraction of sp³-hybridized carbons (Fsp3) is 0.400. The Morgan fingerprint density at radius 3 is 0.529 bits per heavy atom. The lowest BCUT2D eigenvalue weighted by Gasteiger charge is -2.35. The molecule has 0 spiro atoms. The highest BCUT2D eigenvalue weighted by Crippen LogP contribution is 2.57. The van der Waals surface area contributed by atoms with E-state index in [-0.39, 0.29) is 0 Å². The zero-order valence-electron chi connectivity index (χ0n) is 58.4. The van der Waals surface area contributed by atoms with Crippen LogP contribution in [0, 0.1) is 0 Å². The number of nitrogens with one attached hydrogen (secondary N) is 2. The van der Waals surface area contributed by atoms with Crippen LogP contribution in [-0.4, -0.2) is 250 Å². The first-order valence-electron chi connectivity index (χ1n) is 37.5. The molecule has 24 nitrogen and oxygen atoms in total. The van der Waals surface area contributed by atoms with E-state index in [9.17, 15) is 0 Å². The van der Waals surface area contributed by atoms with E-state index in [1.54, 1.807) is 0 Å². The van der Waals surface area contributed by atoms with Crippen molar-refractivity contribution in [1.29, 1.82) is 0 Å². The summed E-state index contributed by atoms with van der Waals surface area (Å²) in [6.45, 7) is 19.8. The minimum Gasteiger partial charge on any atom is -0.378 e. The van der Waals surface area contributed by atoms with Gasteiger partial charge in [-0.1, -0.05) is 97.1 Å². The Balaban J connectivity index is 1.02. The summed E-state index contributed by atoms with van der Waals surface area (Å²) in [5.41, 5.74) is 14.6. The molecule has 530 valence electrons. The van der Waals surface area contributed by atoms with E-state index >= 15 is 0 Å². The van der Waals surface area contributed by atoms with Crippen molar-refractivity contribution >= 4 is 133 Å². The normalized spacial score (nSPS) is 19.4. The summed E-state index contributed by atoms with van der Waals surface area (Å²) in [5.74, 6) is 2.17. The second kappa shape index (κ2) is 26.1. The molecular formula is C80H82N16O8. The first-order chi connectivity index (χ1) is 51.7. The van der Waals surface area contributed by atoms with Gasteiger partial charge in [0.2, 0.25) is 0 Å². The average Bonchev–Trinajstić information content (AvgIpc) is 1.50. The fourth-order valence-corrected chi connectivity index (χ4v) is 18.3. The van der Waals surface area contributed by atoms with Crippen LogP contribution in [0.25, 0.3) is 133 Å². The van der Waals surface area contributed by atoms with E-state index < -0.39 is 0 Å². The summed E-state index contributed by atoms with van der Waals surface area (Å²) < 4.78 is 49.9. The maximum Gasteiger partial charge on any atom is 0.166 e.